The second kappa shape index (κ2) is 14.9. The van der Waals surface area contributed by atoms with E-state index in [9.17, 15) is 14.4 Å². The van der Waals surface area contributed by atoms with Crippen LogP contribution in [0.4, 0.5) is 4.39 Å². The first-order valence-electron chi connectivity index (χ1n) is 17.6. The maximum absolute atomic E-state index is 15.6. The Bertz CT molecular complexity index is 2470. The van der Waals surface area contributed by atoms with Crippen LogP contribution in [-0.2, 0) is 28.5 Å². The van der Waals surface area contributed by atoms with E-state index < -0.39 is 17.3 Å². The molecule has 0 spiro atoms. The van der Waals surface area contributed by atoms with E-state index in [1.165, 1.54) is 23.1 Å². The number of halogens is 1. The summed E-state index contributed by atoms with van der Waals surface area (Å²) in [6.45, 7) is 7.71. The van der Waals surface area contributed by atoms with Crippen molar-refractivity contribution in [3.8, 4) is 16.9 Å². The van der Waals surface area contributed by atoms with Crippen LogP contribution in [0.15, 0.2) is 101 Å². The van der Waals surface area contributed by atoms with Gasteiger partial charge in [-0.3, -0.25) is 19.4 Å². The van der Waals surface area contributed by atoms with E-state index in [1.807, 2.05) is 51.1 Å². The van der Waals surface area contributed by atoms with Crippen molar-refractivity contribution in [3.05, 3.63) is 151 Å². The minimum absolute atomic E-state index is 0.0959. The van der Waals surface area contributed by atoms with Crippen LogP contribution < -0.4 is 11.1 Å². The monoisotopic (exact) mass is 724 g/mol. The van der Waals surface area contributed by atoms with Crippen LogP contribution in [0, 0.1) is 5.82 Å². The van der Waals surface area contributed by atoms with Gasteiger partial charge in [0.2, 0.25) is 0 Å². The lowest BCUT2D eigenvalue weighted by atomic mass is 9.86. The summed E-state index contributed by atoms with van der Waals surface area (Å²) >= 11 is 0. The van der Waals surface area contributed by atoms with Crippen LogP contribution in [0.1, 0.15) is 65.0 Å². The summed E-state index contributed by atoms with van der Waals surface area (Å²) < 4.78 is 28.5. The molecule has 3 aromatic heterocycles. The topological polar surface area (TPSA) is 121 Å². The summed E-state index contributed by atoms with van der Waals surface area (Å²) in [5.41, 5.74) is 3.20. The number of pyridine rings is 1. The molecule has 54 heavy (non-hydrogen) atoms. The van der Waals surface area contributed by atoms with Crippen molar-refractivity contribution in [2.75, 3.05) is 26.3 Å². The number of rotatable bonds is 8. The molecule has 11 nitrogen and oxygen atoms in total. The number of nitrogens with zero attached hydrogens (tertiary/aromatic N) is 6. The van der Waals surface area contributed by atoms with Crippen molar-refractivity contribution >= 4 is 24.7 Å². The van der Waals surface area contributed by atoms with Crippen LogP contribution in [0.5, 0.6) is 0 Å². The number of amides is 1. The first-order chi connectivity index (χ1) is 26.0. The number of hydrogen-bond donors (Lipinski definition) is 0. The minimum atomic E-state index is -0.652. The SMILES string of the molecule is [B]OCc1c(-c2cc(C(c3ccccc3)c3ccc(C(=O)N4CCOCC4)cn3)c(=O)n(C)n2)cccc1-n1ncc2cc(C(C)(C)C)cc(F)c2c1=O. The lowest BCUT2D eigenvalue weighted by Crippen LogP contribution is -2.40. The molecule has 1 atom stereocenters. The second-order valence-electron chi connectivity index (χ2n) is 14.3. The summed E-state index contributed by atoms with van der Waals surface area (Å²) in [5.74, 6) is -1.42. The fraction of sp³-hybridized carbons (Fsp3) is 0.268. The molecule has 0 N–H and O–H groups in total. The van der Waals surface area contributed by atoms with Crippen molar-refractivity contribution in [3.63, 3.8) is 0 Å². The molecule has 6 aromatic rings. The molecule has 0 saturated carbocycles. The maximum atomic E-state index is 15.6. The Kier molecular flexibility index (Phi) is 10.1. The normalized spacial score (nSPS) is 14.0. The minimum Gasteiger partial charge on any atom is -0.443 e. The van der Waals surface area contributed by atoms with Gasteiger partial charge in [-0.2, -0.15) is 14.9 Å². The smallest absolute Gasteiger partial charge is 0.283 e. The fourth-order valence-corrected chi connectivity index (χ4v) is 6.86. The van der Waals surface area contributed by atoms with Gasteiger partial charge < -0.3 is 14.3 Å². The van der Waals surface area contributed by atoms with E-state index in [-0.39, 0.29) is 28.9 Å². The van der Waals surface area contributed by atoms with Crippen LogP contribution in [0.25, 0.3) is 27.7 Å². The Morgan fingerprint density at radius 1 is 0.963 bits per heavy atom. The van der Waals surface area contributed by atoms with Gasteiger partial charge in [-0.15, -0.1) is 0 Å². The van der Waals surface area contributed by atoms with Gasteiger partial charge in [-0.05, 0) is 52.9 Å². The van der Waals surface area contributed by atoms with Gasteiger partial charge in [-0.25, -0.2) is 9.07 Å². The number of fused-ring (bicyclic) bond motifs is 1. The Morgan fingerprint density at radius 3 is 2.41 bits per heavy atom. The van der Waals surface area contributed by atoms with Crippen LogP contribution in [-0.4, -0.2) is 69.7 Å². The second-order valence-corrected chi connectivity index (χ2v) is 14.3. The van der Waals surface area contributed by atoms with Crippen molar-refractivity contribution in [2.24, 2.45) is 7.05 Å². The van der Waals surface area contributed by atoms with Crippen molar-refractivity contribution < 1.29 is 18.6 Å². The molecule has 1 amide bonds. The Hall–Kier alpha value is -5.79. The summed E-state index contributed by atoms with van der Waals surface area (Å²) in [6, 6.07) is 23.0. The van der Waals surface area contributed by atoms with Crippen molar-refractivity contribution in [2.45, 2.75) is 38.7 Å². The van der Waals surface area contributed by atoms with E-state index in [4.69, 9.17) is 22.4 Å². The third-order valence-corrected chi connectivity index (χ3v) is 9.75. The zero-order chi connectivity index (χ0) is 38.1. The third kappa shape index (κ3) is 7.00. The van der Waals surface area contributed by atoms with E-state index in [1.54, 1.807) is 54.4 Å². The standard InChI is InChI=1S/C41H38BFN6O5/c1-41(2,3)28-19-27-23-45-49(40(52)37(27)32(43)20-28)35-12-8-11-29(31(35)24-54-42)34-21-30(39(51)47(4)46-34)36(25-9-6-5-7-10-25)33-14-13-26(22-44-33)38(50)48-15-17-53-18-16-48/h5-14,19-23,36H,15-18,24H2,1-4H3. The van der Waals surface area contributed by atoms with E-state index >= 15 is 4.39 Å². The number of aromatic nitrogens is 5. The van der Waals surface area contributed by atoms with Gasteiger partial charge >= 0.3 is 0 Å². The lowest BCUT2D eigenvalue weighted by Gasteiger charge is -2.27. The molecule has 0 aliphatic carbocycles. The summed E-state index contributed by atoms with van der Waals surface area (Å²) in [5, 5.41) is 9.36. The van der Waals surface area contributed by atoms with Crippen LogP contribution in [0.3, 0.4) is 0 Å². The number of morpholine rings is 1. The largest absolute Gasteiger partial charge is 0.443 e. The molecule has 2 radical (unpaired) electrons. The fourth-order valence-electron chi connectivity index (χ4n) is 6.86. The average Bonchev–Trinajstić information content (AvgIpc) is 3.17. The highest BCUT2D eigenvalue weighted by atomic mass is 19.1. The van der Waals surface area contributed by atoms with Gasteiger partial charge in [0.15, 0.2) is 0 Å². The number of hydrogen-bond acceptors (Lipinski definition) is 8. The molecule has 3 aromatic carbocycles. The highest BCUT2D eigenvalue weighted by Crippen LogP contribution is 2.33. The molecular weight excluding hydrogens is 686 g/mol. The van der Waals surface area contributed by atoms with E-state index in [0.29, 0.717) is 71.0 Å². The number of carbonyl (C=O) groups is 1. The van der Waals surface area contributed by atoms with E-state index in [2.05, 4.69) is 10.2 Å². The molecule has 7 rings (SSSR count). The van der Waals surface area contributed by atoms with Gasteiger partial charge in [0.25, 0.3) is 25.1 Å². The van der Waals surface area contributed by atoms with Crippen LogP contribution in [0.2, 0.25) is 0 Å². The van der Waals surface area contributed by atoms with Gasteiger partial charge in [0, 0.05) is 48.4 Å². The lowest BCUT2D eigenvalue weighted by molar-refractivity contribution is 0.0302. The van der Waals surface area contributed by atoms with Crippen LogP contribution >= 0.6 is 0 Å². The molecule has 0 bridgehead atoms. The Labute approximate surface area is 312 Å². The number of carbonyl (C=O) groups excluding carboxylic acids is 1. The molecule has 4 heterocycles. The Balaban J connectivity index is 1.35. The van der Waals surface area contributed by atoms with Crippen molar-refractivity contribution in [1.82, 2.24) is 29.4 Å². The molecule has 1 aliphatic rings. The molecule has 1 saturated heterocycles. The zero-order valence-electron chi connectivity index (χ0n) is 30.5. The number of aryl methyl sites for hydroxylation is 1. The highest BCUT2D eigenvalue weighted by molar-refractivity contribution is 5.98. The predicted octanol–water partition coefficient (Wildman–Crippen LogP) is 5.23. The first-order valence-corrected chi connectivity index (χ1v) is 17.6. The summed E-state index contributed by atoms with van der Waals surface area (Å²) in [6.07, 6.45) is 3.01. The summed E-state index contributed by atoms with van der Waals surface area (Å²) in [4.78, 5) is 47.5. The third-order valence-electron chi connectivity index (χ3n) is 9.75. The van der Waals surface area contributed by atoms with Crippen molar-refractivity contribution in [1.29, 1.82) is 0 Å². The summed E-state index contributed by atoms with van der Waals surface area (Å²) in [7, 11) is 7.20. The maximum Gasteiger partial charge on any atom is 0.283 e. The highest BCUT2D eigenvalue weighted by Gasteiger charge is 2.27. The number of benzene rings is 3. The average molecular weight is 725 g/mol. The Morgan fingerprint density at radius 2 is 1.72 bits per heavy atom. The first kappa shape index (κ1) is 36.6. The zero-order valence-corrected chi connectivity index (χ0v) is 30.5. The molecule has 1 unspecified atom stereocenters. The molecular formula is C41H38BFN6O5. The predicted molar refractivity (Wildman–Crippen MR) is 203 cm³/mol. The molecule has 1 aliphatic heterocycles. The quantitative estimate of drug-likeness (QED) is 0.196. The van der Waals surface area contributed by atoms with E-state index in [0.717, 1.165) is 15.8 Å². The molecule has 272 valence electrons. The van der Waals surface area contributed by atoms with Gasteiger partial charge in [-0.1, -0.05) is 63.2 Å². The molecule has 13 heteroatoms. The molecule has 1 fully saturated rings. The van der Waals surface area contributed by atoms with Gasteiger partial charge in [0.05, 0.1) is 60.0 Å². The number of ether oxygens (including phenoxy) is 1. The van der Waals surface area contributed by atoms with Gasteiger partial charge in [0.1, 0.15) is 5.82 Å².